The molecular formula is C16H18N2O2. The highest BCUT2D eigenvalue weighted by molar-refractivity contribution is 6.07. The number of fused-ring (bicyclic) bond motifs is 1. The van der Waals surface area contributed by atoms with E-state index in [1.165, 1.54) is 0 Å². The Morgan fingerprint density at radius 3 is 2.95 bits per heavy atom. The number of carbonyl (C=O) groups excluding carboxylic acids is 1. The predicted molar refractivity (Wildman–Crippen MR) is 77.9 cm³/mol. The van der Waals surface area contributed by atoms with Crippen molar-refractivity contribution in [3.8, 4) is 0 Å². The Kier molecular flexibility index (Phi) is 4.04. The molecule has 0 amide bonds. The van der Waals surface area contributed by atoms with E-state index in [0.717, 1.165) is 36.8 Å². The molecule has 4 heteroatoms. The highest BCUT2D eigenvalue weighted by Crippen LogP contribution is 2.17. The van der Waals surface area contributed by atoms with Crippen molar-refractivity contribution in [1.82, 2.24) is 10.3 Å². The Hall–Kier alpha value is -1.78. The van der Waals surface area contributed by atoms with Gasteiger partial charge in [-0.3, -0.25) is 9.78 Å². The van der Waals surface area contributed by atoms with E-state index in [1.807, 2.05) is 30.3 Å². The summed E-state index contributed by atoms with van der Waals surface area (Å²) >= 11 is 0. The van der Waals surface area contributed by atoms with Crippen LogP contribution in [0.3, 0.4) is 0 Å². The third-order valence-electron chi connectivity index (χ3n) is 3.68. The molecule has 0 saturated carbocycles. The maximum atomic E-state index is 12.3. The standard InChI is InChI=1S/C16H18N2O2/c19-16(11-20-12-6-9-17-10-7-12)14-3-1-5-15-13(14)4-2-8-18-15/h1-5,8,12,17H,6-7,9-11H2. The molecule has 1 aromatic heterocycles. The fraction of sp³-hybridized carbons (Fsp3) is 0.375. The molecule has 1 fully saturated rings. The molecule has 104 valence electrons. The molecule has 0 atom stereocenters. The van der Waals surface area contributed by atoms with Gasteiger partial charge in [-0.15, -0.1) is 0 Å². The van der Waals surface area contributed by atoms with Gasteiger partial charge in [-0.05, 0) is 38.1 Å². The van der Waals surface area contributed by atoms with Crippen LogP contribution in [0.15, 0.2) is 36.5 Å². The summed E-state index contributed by atoms with van der Waals surface area (Å²) in [5.74, 6) is 0.0298. The van der Waals surface area contributed by atoms with E-state index in [-0.39, 0.29) is 18.5 Å². The zero-order chi connectivity index (χ0) is 13.8. The lowest BCUT2D eigenvalue weighted by molar-refractivity contribution is 0.0318. The number of nitrogens with zero attached hydrogens (tertiary/aromatic N) is 1. The number of pyridine rings is 1. The molecule has 1 N–H and O–H groups in total. The number of benzene rings is 1. The summed E-state index contributed by atoms with van der Waals surface area (Å²) in [5.41, 5.74) is 1.55. The fourth-order valence-electron chi connectivity index (χ4n) is 2.58. The van der Waals surface area contributed by atoms with Crippen molar-refractivity contribution < 1.29 is 9.53 Å². The van der Waals surface area contributed by atoms with Crippen LogP contribution in [-0.4, -0.2) is 36.6 Å². The van der Waals surface area contributed by atoms with Crippen LogP contribution in [-0.2, 0) is 4.74 Å². The van der Waals surface area contributed by atoms with E-state index in [0.29, 0.717) is 5.56 Å². The number of rotatable bonds is 4. The van der Waals surface area contributed by atoms with Gasteiger partial charge in [-0.1, -0.05) is 18.2 Å². The number of Topliss-reactive ketones (excluding diaryl/α,β-unsaturated/α-hetero) is 1. The SMILES string of the molecule is O=C(COC1CCNCC1)c1cccc2ncccc12. The van der Waals surface area contributed by atoms with Crippen molar-refractivity contribution in [3.63, 3.8) is 0 Å². The summed E-state index contributed by atoms with van der Waals surface area (Å²) in [6.07, 6.45) is 3.89. The van der Waals surface area contributed by atoms with E-state index >= 15 is 0 Å². The Labute approximate surface area is 118 Å². The van der Waals surface area contributed by atoms with Gasteiger partial charge in [0.2, 0.25) is 0 Å². The van der Waals surface area contributed by atoms with E-state index in [2.05, 4.69) is 10.3 Å². The summed E-state index contributed by atoms with van der Waals surface area (Å²) in [4.78, 5) is 16.6. The molecule has 1 saturated heterocycles. The van der Waals surface area contributed by atoms with Crippen molar-refractivity contribution >= 4 is 16.7 Å². The number of ether oxygens (including phenoxy) is 1. The first kappa shape index (κ1) is 13.2. The van der Waals surface area contributed by atoms with E-state index < -0.39 is 0 Å². The van der Waals surface area contributed by atoms with Crippen molar-refractivity contribution in [2.45, 2.75) is 18.9 Å². The minimum Gasteiger partial charge on any atom is -0.370 e. The second-order valence-electron chi connectivity index (χ2n) is 5.06. The van der Waals surface area contributed by atoms with Crippen LogP contribution >= 0.6 is 0 Å². The van der Waals surface area contributed by atoms with Gasteiger partial charge in [0.1, 0.15) is 6.61 Å². The summed E-state index contributed by atoms with van der Waals surface area (Å²) < 4.78 is 5.74. The highest BCUT2D eigenvalue weighted by atomic mass is 16.5. The Morgan fingerprint density at radius 2 is 2.10 bits per heavy atom. The molecule has 3 rings (SSSR count). The summed E-state index contributed by atoms with van der Waals surface area (Å²) in [7, 11) is 0. The van der Waals surface area contributed by atoms with Crippen LogP contribution < -0.4 is 5.32 Å². The van der Waals surface area contributed by atoms with Gasteiger partial charge >= 0.3 is 0 Å². The number of hydrogen-bond acceptors (Lipinski definition) is 4. The average molecular weight is 270 g/mol. The molecule has 1 aliphatic heterocycles. The zero-order valence-electron chi connectivity index (χ0n) is 11.3. The minimum atomic E-state index is 0.0298. The topological polar surface area (TPSA) is 51.2 Å². The van der Waals surface area contributed by atoms with Gasteiger partial charge in [0.25, 0.3) is 0 Å². The second kappa shape index (κ2) is 6.11. The van der Waals surface area contributed by atoms with Crippen LogP contribution in [0.25, 0.3) is 10.9 Å². The van der Waals surface area contributed by atoms with Gasteiger partial charge in [0.05, 0.1) is 11.6 Å². The molecule has 2 aromatic rings. The Bertz CT molecular complexity index is 601. The first-order chi connectivity index (χ1) is 9.84. The van der Waals surface area contributed by atoms with E-state index in [4.69, 9.17) is 4.74 Å². The smallest absolute Gasteiger partial charge is 0.189 e. The maximum Gasteiger partial charge on any atom is 0.189 e. The van der Waals surface area contributed by atoms with E-state index in [9.17, 15) is 4.79 Å². The molecular weight excluding hydrogens is 252 g/mol. The molecule has 0 unspecified atom stereocenters. The highest BCUT2D eigenvalue weighted by Gasteiger charge is 2.16. The van der Waals surface area contributed by atoms with Gasteiger partial charge in [0, 0.05) is 17.1 Å². The summed E-state index contributed by atoms with van der Waals surface area (Å²) in [5, 5.41) is 4.18. The van der Waals surface area contributed by atoms with Gasteiger partial charge in [-0.25, -0.2) is 0 Å². The largest absolute Gasteiger partial charge is 0.370 e. The molecule has 0 bridgehead atoms. The Balaban J connectivity index is 1.72. The van der Waals surface area contributed by atoms with Crippen molar-refractivity contribution in [2.24, 2.45) is 0 Å². The zero-order valence-corrected chi connectivity index (χ0v) is 11.3. The molecule has 0 spiro atoms. The van der Waals surface area contributed by atoms with E-state index in [1.54, 1.807) is 6.20 Å². The number of aromatic nitrogens is 1. The number of nitrogens with one attached hydrogen (secondary N) is 1. The lowest BCUT2D eigenvalue weighted by atomic mass is 10.0. The number of carbonyl (C=O) groups is 1. The van der Waals surface area contributed by atoms with Gasteiger partial charge in [0.15, 0.2) is 5.78 Å². The first-order valence-corrected chi connectivity index (χ1v) is 7.04. The predicted octanol–water partition coefficient (Wildman–Crippen LogP) is 2.19. The monoisotopic (exact) mass is 270 g/mol. The molecule has 1 aromatic carbocycles. The van der Waals surface area contributed by atoms with Crippen molar-refractivity contribution in [2.75, 3.05) is 19.7 Å². The van der Waals surface area contributed by atoms with Crippen LogP contribution in [0.5, 0.6) is 0 Å². The molecule has 0 aliphatic carbocycles. The van der Waals surface area contributed by atoms with Crippen molar-refractivity contribution in [1.29, 1.82) is 0 Å². The lowest BCUT2D eigenvalue weighted by Crippen LogP contribution is -2.33. The van der Waals surface area contributed by atoms with Gasteiger partial charge in [-0.2, -0.15) is 0 Å². The number of hydrogen-bond donors (Lipinski definition) is 1. The first-order valence-electron chi connectivity index (χ1n) is 7.04. The third-order valence-corrected chi connectivity index (χ3v) is 3.68. The third kappa shape index (κ3) is 2.86. The summed E-state index contributed by atoms with van der Waals surface area (Å²) in [6.45, 7) is 2.09. The lowest BCUT2D eigenvalue weighted by Gasteiger charge is -2.22. The number of ketones is 1. The average Bonchev–Trinajstić information content (AvgIpc) is 2.53. The fourth-order valence-corrected chi connectivity index (χ4v) is 2.58. The van der Waals surface area contributed by atoms with Crippen LogP contribution in [0.1, 0.15) is 23.2 Å². The summed E-state index contributed by atoms with van der Waals surface area (Å²) in [6, 6.07) is 9.41. The molecule has 2 heterocycles. The van der Waals surface area contributed by atoms with Crippen molar-refractivity contribution in [3.05, 3.63) is 42.1 Å². The van der Waals surface area contributed by atoms with Gasteiger partial charge < -0.3 is 10.1 Å². The van der Waals surface area contributed by atoms with Crippen LogP contribution in [0.4, 0.5) is 0 Å². The van der Waals surface area contributed by atoms with Crippen LogP contribution in [0, 0.1) is 0 Å². The number of piperidine rings is 1. The molecule has 1 aliphatic rings. The Morgan fingerprint density at radius 1 is 1.25 bits per heavy atom. The minimum absolute atomic E-state index is 0.0298. The molecule has 4 nitrogen and oxygen atoms in total. The normalized spacial score (nSPS) is 16.4. The quantitative estimate of drug-likeness (QED) is 0.865. The second-order valence-corrected chi connectivity index (χ2v) is 5.06. The van der Waals surface area contributed by atoms with Crippen LogP contribution in [0.2, 0.25) is 0 Å². The maximum absolute atomic E-state index is 12.3. The molecule has 0 radical (unpaired) electrons. The molecule has 20 heavy (non-hydrogen) atoms.